The van der Waals surface area contributed by atoms with E-state index in [1.807, 2.05) is 31.2 Å². The Hall–Kier alpha value is -0.180. The molecule has 0 amide bonds. The lowest BCUT2D eigenvalue weighted by molar-refractivity contribution is 0.306. The van der Waals surface area contributed by atoms with Gasteiger partial charge in [-0.05, 0) is 31.2 Å². The standard InChI is InChI=1S/C13H20ClN3OS.HI/c1-2-15-13(16-7-9-18)17-8-10-19-12-5-3-11(14)4-6-12;/h3-6,18H,2,7-10H2,1H3,(H2,15,16,17);1H. The van der Waals surface area contributed by atoms with E-state index in [2.05, 4.69) is 15.6 Å². The topological polar surface area (TPSA) is 56.7 Å². The van der Waals surface area contributed by atoms with E-state index in [1.54, 1.807) is 11.8 Å². The van der Waals surface area contributed by atoms with E-state index < -0.39 is 0 Å². The maximum atomic E-state index is 8.75. The van der Waals surface area contributed by atoms with Gasteiger partial charge >= 0.3 is 0 Å². The van der Waals surface area contributed by atoms with Crippen LogP contribution in [0.5, 0.6) is 0 Å². The zero-order valence-corrected chi connectivity index (χ0v) is 15.3. The van der Waals surface area contributed by atoms with Crippen LogP contribution in [0.3, 0.4) is 0 Å². The predicted molar refractivity (Wildman–Crippen MR) is 98.7 cm³/mol. The molecule has 1 rings (SSSR count). The SMILES string of the molecule is CCNC(=NCCO)NCCSc1ccc(Cl)cc1.I. The van der Waals surface area contributed by atoms with E-state index in [4.69, 9.17) is 16.7 Å². The van der Waals surface area contributed by atoms with Crippen molar-refractivity contribution in [3.8, 4) is 0 Å². The molecular weight excluding hydrogens is 409 g/mol. The number of nitrogens with one attached hydrogen (secondary N) is 2. The van der Waals surface area contributed by atoms with Crippen molar-refractivity contribution < 1.29 is 5.11 Å². The lowest BCUT2D eigenvalue weighted by Gasteiger charge is -2.10. The molecule has 7 heteroatoms. The predicted octanol–water partition coefficient (Wildman–Crippen LogP) is 2.60. The third-order valence-corrected chi connectivity index (χ3v) is 3.46. The number of thioether (sulfide) groups is 1. The third kappa shape index (κ3) is 8.89. The van der Waals surface area contributed by atoms with Gasteiger partial charge in [0.05, 0.1) is 13.2 Å². The van der Waals surface area contributed by atoms with Crippen LogP contribution in [-0.2, 0) is 0 Å². The molecule has 3 N–H and O–H groups in total. The highest BCUT2D eigenvalue weighted by Crippen LogP contribution is 2.19. The Morgan fingerprint density at radius 2 is 2.00 bits per heavy atom. The van der Waals surface area contributed by atoms with Crippen LogP contribution in [0.2, 0.25) is 5.02 Å². The molecule has 0 aromatic heterocycles. The van der Waals surface area contributed by atoms with Gasteiger partial charge in [0.1, 0.15) is 0 Å². The molecular formula is C13H21ClIN3OS. The van der Waals surface area contributed by atoms with Gasteiger partial charge in [0, 0.05) is 28.8 Å². The van der Waals surface area contributed by atoms with Crippen LogP contribution >= 0.6 is 47.3 Å². The summed E-state index contributed by atoms with van der Waals surface area (Å²) in [5.41, 5.74) is 0. The molecule has 20 heavy (non-hydrogen) atoms. The second-order valence-electron chi connectivity index (χ2n) is 3.71. The summed E-state index contributed by atoms with van der Waals surface area (Å²) >= 11 is 7.59. The van der Waals surface area contributed by atoms with Crippen molar-refractivity contribution in [3.05, 3.63) is 29.3 Å². The number of hydrogen-bond acceptors (Lipinski definition) is 3. The van der Waals surface area contributed by atoms with Crippen LogP contribution in [0.25, 0.3) is 0 Å². The van der Waals surface area contributed by atoms with E-state index in [9.17, 15) is 0 Å². The van der Waals surface area contributed by atoms with Crippen molar-refractivity contribution in [2.24, 2.45) is 4.99 Å². The van der Waals surface area contributed by atoms with Crippen molar-refractivity contribution in [2.75, 3.05) is 32.0 Å². The van der Waals surface area contributed by atoms with E-state index in [-0.39, 0.29) is 30.6 Å². The van der Waals surface area contributed by atoms with Crippen molar-refractivity contribution in [3.63, 3.8) is 0 Å². The highest BCUT2D eigenvalue weighted by atomic mass is 127. The summed E-state index contributed by atoms with van der Waals surface area (Å²) in [6.45, 7) is 4.11. The Morgan fingerprint density at radius 1 is 1.30 bits per heavy atom. The molecule has 0 aliphatic rings. The fraction of sp³-hybridized carbons (Fsp3) is 0.462. The van der Waals surface area contributed by atoms with Crippen molar-refractivity contribution >= 4 is 53.3 Å². The number of aliphatic hydroxyl groups is 1. The second-order valence-corrected chi connectivity index (χ2v) is 5.32. The van der Waals surface area contributed by atoms with Gasteiger partial charge in [-0.2, -0.15) is 0 Å². The molecule has 0 radical (unpaired) electrons. The minimum Gasteiger partial charge on any atom is -0.394 e. The van der Waals surface area contributed by atoms with Crippen LogP contribution in [0.1, 0.15) is 6.92 Å². The van der Waals surface area contributed by atoms with Crippen molar-refractivity contribution in [2.45, 2.75) is 11.8 Å². The lowest BCUT2D eigenvalue weighted by atomic mass is 10.4. The lowest BCUT2D eigenvalue weighted by Crippen LogP contribution is -2.38. The first kappa shape index (κ1) is 19.8. The van der Waals surface area contributed by atoms with Gasteiger partial charge in [-0.1, -0.05) is 11.6 Å². The van der Waals surface area contributed by atoms with Crippen LogP contribution in [0.4, 0.5) is 0 Å². The zero-order chi connectivity index (χ0) is 13.9. The summed E-state index contributed by atoms with van der Waals surface area (Å²) in [6.07, 6.45) is 0. The first-order valence-electron chi connectivity index (χ1n) is 6.27. The molecule has 0 atom stereocenters. The molecule has 0 saturated carbocycles. The molecule has 114 valence electrons. The fourth-order valence-electron chi connectivity index (χ4n) is 1.37. The van der Waals surface area contributed by atoms with Crippen LogP contribution < -0.4 is 10.6 Å². The number of hydrogen-bond donors (Lipinski definition) is 3. The van der Waals surface area contributed by atoms with Crippen LogP contribution in [0.15, 0.2) is 34.2 Å². The average Bonchev–Trinajstić information content (AvgIpc) is 2.42. The summed E-state index contributed by atoms with van der Waals surface area (Å²) in [7, 11) is 0. The van der Waals surface area contributed by atoms with E-state index in [1.165, 1.54) is 4.90 Å². The van der Waals surface area contributed by atoms with Gasteiger partial charge in [0.2, 0.25) is 0 Å². The van der Waals surface area contributed by atoms with E-state index in [0.717, 1.165) is 29.8 Å². The average molecular weight is 430 g/mol. The molecule has 0 aliphatic carbocycles. The highest BCUT2D eigenvalue weighted by molar-refractivity contribution is 14.0. The number of rotatable bonds is 7. The Kier molecular flexibility index (Phi) is 12.4. The molecule has 0 fully saturated rings. The molecule has 0 aliphatic heterocycles. The zero-order valence-electron chi connectivity index (χ0n) is 11.4. The molecule has 0 heterocycles. The number of aliphatic hydroxyl groups excluding tert-OH is 1. The first-order chi connectivity index (χ1) is 9.26. The fourth-order valence-corrected chi connectivity index (χ4v) is 2.27. The Morgan fingerprint density at radius 3 is 2.60 bits per heavy atom. The van der Waals surface area contributed by atoms with Crippen LogP contribution in [-0.4, -0.2) is 43.1 Å². The molecule has 1 aromatic rings. The molecule has 0 bridgehead atoms. The maximum Gasteiger partial charge on any atom is 0.191 e. The number of halogens is 2. The summed E-state index contributed by atoms with van der Waals surface area (Å²) in [5.74, 6) is 1.68. The highest BCUT2D eigenvalue weighted by Gasteiger charge is 1.97. The summed E-state index contributed by atoms with van der Waals surface area (Å²) < 4.78 is 0. The number of nitrogens with zero attached hydrogens (tertiary/aromatic N) is 1. The smallest absolute Gasteiger partial charge is 0.191 e. The summed E-state index contributed by atoms with van der Waals surface area (Å²) in [5, 5.41) is 15.8. The normalized spacial score (nSPS) is 10.8. The van der Waals surface area contributed by atoms with Gasteiger partial charge < -0.3 is 15.7 Å². The minimum absolute atomic E-state index is 0. The van der Waals surface area contributed by atoms with Gasteiger partial charge in [-0.25, -0.2) is 0 Å². The monoisotopic (exact) mass is 429 g/mol. The number of aliphatic imine (C=N–C) groups is 1. The molecule has 0 spiro atoms. The van der Waals surface area contributed by atoms with Crippen LogP contribution in [0, 0.1) is 0 Å². The molecule has 4 nitrogen and oxygen atoms in total. The van der Waals surface area contributed by atoms with Crippen molar-refractivity contribution in [1.29, 1.82) is 0 Å². The van der Waals surface area contributed by atoms with Crippen molar-refractivity contribution in [1.82, 2.24) is 10.6 Å². The van der Waals surface area contributed by atoms with E-state index in [0.29, 0.717) is 6.54 Å². The Labute approximate surface area is 146 Å². The molecule has 0 unspecified atom stereocenters. The quantitative estimate of drug-likeness (QED) is 0.205. The van der Waals surface area contributed by atoms with Gasteiger partial charge in [-0.15, -0.1) is 35.7 Å². The summed E-state index contributed by atoms with van der Waals surface area (Å²) in [6, 6.07) is 7.81. The first-order valence-corrected chi connectivity index (χ1v) is 7.64. The molecule has 0 saturated heterocycles. The van der Waals surface area contributed by atoms with E-state index >= 15 is 0 Å². The minimum atomic E-state index is 0. The summed E-state index contributed by atoms with van der Waals surface area (Å²) in [4.78, 5) is 5.40. The van der Waals surface area contributed by atoms with Gasteiger partial charge in [-0.3, -0.25) is 4.99 Å². The molecule has 1 aromatic carbocycles. The maximum absolute atomic E-state index is 8.75. The second kappa shape index (κ2) is 12.6. The Bertz CT molecular complexity index is 390. The Balaban J connectivity index is 0.00000361. The number of guanidine groups is 1. The largest absolute Gasteiger partial charge is 0.394 e. The van der Waals surface area contributed by atoms with Gasteiger partial charge in [0.15, 0.2) is 5.96 Å². The van der Waals surface area contributed by atoms with Gasteiger partial charge in [0.25, 0.3) is 0 Å². The number of benzene rings is 1. The third-order valence-electron chi connectivity index (χ3n) is 2.19.